The van der Waals surface area contributed by atoms with E-state index in [2.05, 4.69) is 15.3 Å². The van der Waals surface area contributed by atoms with E-state index in [0.29, 0.717) is 28.8 Å². The zero-order chi connectivity index (χ0) is 19.0. The molecule has 1 fully saturated rings. The molecule has 0 saturated carbocycles. The first kappa shape index (κ1) is 17.9. The van der Waals surface area contributed by atoms with Gasteiger partial charge in [0.05, 0.1) is 19.4 Å². The standard InChI is InChI=1S/C18H16F2N4O2S/c19-11-1-4-15(22-6-11)16(25)23-12-2-3-14(20)13(5-12)18-9-26-7-10(18)8-27-17(21)24-18/h1-6,10H,7-9H2,(H2,21,24)(H,23,25)/p+1. The van der Waals surface area contributed by atoms with Crippen LogP contribution in [0.1, 0.15) is 16.1 Å². The Hall–Kier alpha value is -2.52. The van der Waals surface area contributed by atoms with Crippen molar-refractivity contribution < 1.29 is 23.3 Å². The van der Waals surface area contributed by atoms with Crippen molar-refractivity contribution in [1.29, 1.82) is 0 Å². The number of pyridine rings is 1. The number of hydrogen-bond acceptors (Lipinski definition) is 5. The number of nitrogens with zero attached hydrogens (tertiary/aromatic N) is 1. The predicted octanol–water partition coefficient (Wildman–Crippen LogP) is 0.596. The normalized spacial score (nSPS) is 24.2. The van der Waals surface area contributed by atoms with Crippen LogP contribution in [0.5, 0.6) is 0 Å². The van der Waals surface area contributed by atoms with Crippen LogP contribution in [0.4, 0.5) is 14.5 Å². The van der Waals surface area contributed by atoms with E-state index in [9.17, 15) is 13.6 Å². The lowest BCUT2D eigenvalue weighted by Gasteiger charge is -2.31. The van der Waals surface area contributed by atoms with Gasteiger partial charge in [-0.15, -0.1) is 0 Å². The third-order valence-corrected chi connectivity index (χ3v) is 5.78. The molecule has 1 aromatic heterocycles. The van der Waals surface area contributed by atoms with Gasteiger partial charge in [0.15, 0.2) is 5.54 Å². The van der Waals surface area contributed by atoms with Gasteiger partial charge in [0.1, 0.15) is 17.3 Å². The van der Waals surface area contributed by atoms with E-state index in [1.165, 1.54) is 30.0 Å². The topological polar surface area (TPSA) is 91.2 Å². The molecule has 0 bridgehead atoms. The molecule has 0 radical (unpaired) electrons. The predicted molar refractivity (Wildman–Crippen MR) is 97.2 cm³/mol. The molecular weight excluding hydrogens is 374 g/mol. The zero-order valence-electron chi connectivity index (χ0n) is 14.2. The molecule has 27 heavy (non-hydrogen) atoms. The van der Waals surface area contributed by atoms with Gasteiger partial charge in [-0.25, -0.2) is 13.8 Å². The number of carbonyl (C=O) groups excluding carboxylic acids is 1. The number of ether oxygens (including phenoxy) is 1. The van der Waals surface area contributed by atoms with E-state index in [1.54, 1.807) is 6.07 Å². The van der Waals surface area contributed by atoms with Crippen molar-refractivity contribution in [2.75, 3.05) is 24.3 Å². The number of thioether (sulfide) groups is 1. The van der Waals surface area contributed by atoms with Crippen molar-refractivity contribution in [2.45, 2.75) is 5.54 Å². The van der Waals surface area contributed by atoms with Crippen LogP contribution in [0, 0.1) is 17.6 Å². The van der Waals surface area contributed by atoms with Crippen LogP contribution in [0.25, 0.3) is 0 Å². The van der Waals surface area contributed by atoms with Crippen molar-refractivity contribution in [3.8, 4) is 0 Å². The summed E-state index contributed by atoms with van der Waals surface area (Å²) in [7, 11) is 0. The average Bonchev–Trinajstić information content (AvgIpc) is 3.07. The molecule has 9 heteroatoms. The van der Waals surface area contributed by atoms with Crippen LogP contribution in [-0.2, 0) is 10.3 Å². The molecule has 4 N–H and O–H groups in total. The van der Waals surface area contributed by atoms with E-state index in [4.69, 9.17) is 10.5 Å². The molecule has 0 spiro atoms. The molecule has 3 heterocycles. The SMILES string of the molecule is NC1=[NH+]C2(c3cc(NC(=O)c4ccc(F)cn4)ccc3F)COCC2CS1. The summed E-state index contributed by atoms with van der Waals surface area (Å²) >= 11 is 1.48. The summed E-state index contributed by atoms with van der Waals surface area (Å²) in [6, 6.07) is 6.78. The number of amidine groups is 1. The monoisotopic (exact) mass is 391 g/mol. The van der Waals surface area contributed by atoms with Crippen LogP contribution >= 0.6 is 11.8 Å². The van der Waals surface area contributed by atoms with E-state index < -0.39 is 23.1 Å². The number of benzene rings is 1. The molecule has 1 aromatic carbocycles. The number of amides is 1. The van der Waals surface area contributed by atoms with Crippen LogP contribution in [-0.4, -0.2) is 35.0 Å². The number of aromatic nitrogens is 1. The number of rotatable bonds is 3. The molecule has 2 atom stereocenters. The number of nitrogens with one attached hydrogen (secondary N) is 2. The third kappa shape index (κ3) is 3.28. The van der Waals surface area contributed by atoms with Gasteiger partial charge in [-0.1, -0.05) is 0 Å². The summed E-state index contributed by atoms with van der Waals surface area (Å²) in [6.45, 7) is 0.787. The van der Waals surface area contributed by atoms with Gasteiger partial charge in [0, 0.05) is 22.9 Å². The second kappa shape index (κ2) is 6.90. The molecular formula is C18H17F2N4O2S+. The van der Waals surface area contributed by atoms with Crippen molar-refractivity contribution in [1.82, 2.24) is 4.98 Å². The van der Waals surface area contributed by atoms with Gasteiger partial charge in [0.25, 0.3) is 5.91 Å². The number of halogens is 2. The summed E-state index contributed by atoms with van der Waals surface area (Å²) in [4.78, 5) is 19.3. The maximum Gasteiger partial charge on any atom is 0.302 e. The maximum atomic E-state index is 14.7. The Morgan fingerprint density at radius 2 is 2.22 bits per heavy atom. The minimum Gasteiger partial charge on any atom is -0.376 e. The van der Waals surface area contributed by atoms with Crippen LogP contribution < -0.4 is 16.0 Å². The van der Waals surface area contributed by atoms with Crippen LogP contribution in [0.2, 0.25) is 0 Å². The quantitative estimate of drug-likeness (QED) is 0.713. The lowest BCUT2D eigenvalue weighted by molar-refractivity contribution is -0.570. The van der Waals surface area contributed by atoms with E-state index in [-0.39, 0.29) is 18.2 Å². The number of nitrogens with two attached hydrogens (primary N) is 1. The van der Waals surface area contributed by atoms with Crippen molar-refractivity contribution in [3.05, 3.63) is 59.4 Å². The Balaban J connectivity index is 1.67. The smallest absolute Gasteiger partial charge is 0.302 e. The lowest BCUT2D eigenvalue weighted by atomic mass is 9.81. The average molecular weight is 391 g/mol. The van der Waals surface area contributed by atoms with Gasteiger partial charge in [-0.2, -0.15) is 0 Å². The summed E-state index contributed by atoms with van der Waals surface area (Å²) in [5.41, 5.74) is 6.04. The number of carbonyl (C=O) groups is 1. The van der Waals surface area contributed by atoms with Gasteiger partial charge in [-0.3, -0.25) is 15.5 Å². The fraction of sp³-hybridized carbons (Fsp3) is 0.278. The number of anilines is 1. The molecule has 1 saturated heterocycles. The highest BCUT2D eigenvalue weighted by molar-refractivity contribution is 8.13. The van der Waals surface area contributed by atoms with E-state index in [1.807, 2.05) is 0 Å². The van der Waals surface area contributed by atoms with Gasteiger partial charge >= 0.3 is 5.17 Å². The summed E-state index contributed by atoms with van der Waals surface area (Å²) in [5, 5.41) is 3.18. The molecule has 6 nitrogen and oxygen atoms in total. The number of fused-ring (bicyclic) bond motifs is 1. The molecule has 4 rings (SSSR count). The summed E-state index contributed by atoms with van der Waals surface area (Å²) < 4.78 is 33.3. The first-order chi connectivity index (χ1) is 13.0. The third-order valence-electron chi connectivity index (χ3n) is 4.80. The summed E-state index contributed by atoms with van der Waals surface area (Å²) in [5.74, 6) is -0.682. The Bertz CT molecular complexity index is 922. The molecule has 2 aromatic rings. The highest BCUT2D eigenvalue weighted by Gasteiger charge is 2.51. The molecule has 2 aliphatic heterocycles. The molecule has 2 aliphatic rings. The molecule has 1 amide bonds. The van der Waals surface area contributed by atoms with Crippen molar-refractivity contribution >= 4 is 28.5 Å². The van der Waals surface area contributed by atoms with Gasteiger partial charge in [-0.05, 0) is 42.1 Å². The highest BCUT2D eigenvalue weighted by Crippen LogP contribution is 2.37. The Labute approximate surface area is 158 Å². The first-order valence-corrected chi connectivity index (χ1v) is 9.30. The summed E-state index contributed by atoms with van der Waals surface area (Å²) in [6.07, 6.45) is 0.965. The minimum absolute atomic E-state index is 0.0500. The fourth-order valence-corrected chi connectivity index (χ4v) is 4.43. The Morgan fingerprint density at radius 1 is 1.37 bits per heavy atom. The maximum absolute atomic E-state index is 14.7. The van der Waals surface area contributed by atoms with Gasteiger partial charge < -0.3 is 10.1 Å². The largest absolute Gasteiger partial charge is 0.376 e. The van der Waals surface area contributed by atoms with Crippen molar-refractivity contribution in [2.24, 2.45) is 11.7 Å². The number of hydrogen-bond donors (Lipinski definition) is 3. The Kier molecular flexibility index (Phi) is 4.56. The van der Waals surface area contributed by atoms with Crippen LogP contribution in [0.15, 0.2) is 36.5 Å². The Morgan fingerprint density at radius 3 is 3.00 bits per heavy atom. The second-order valence-electron chi connectivity index (χ2n) is 6.49. The van der Waals surface area contributed by atoms with E-state index in [0.717, 1.165) is 12.3 Å². The van der Waals surface area contributed by atoms with Gasteiger partial charge in [0.2, 0.25) is 0 Å². The highest BCUT2D eigenvalue weighted by atomic mass is 32.2. The minimum atomic E-state index is -0.770. The van der Waals surface area contributed by atoms with Crippen LogP contribution in [0.3, 0.4) is 0 Å². The lowest BCUT2D eigenvalue weighted by Crippen LogP contribution is -2.90. The first-order valence-electron chi connectivity index (χ1n) is 8.32. The fourth-order valence-electron chi connectivity index (χ4n) is 3.41. The molecule has 140 valence electrons. The van der Waals surface area contributed by atoms with Crippen molar-refractivity contribution in [3.63, 3.8) is 0 Å². The van der Waals surface area contributed by atoms with E-state index >= 15 is 0 Å². The second-order valence-corrected chi connectivity index (χ2v) is 7.56. The molecule has 2 unspecified atom stereocenters. The zero-order valence-corrected chi connectivity index (χ0v) is 15.0. The molecule has 0 aliphatic carbocycles.